The first-order valence-electron chi connectivity index (χ1n) is 8.55. The molecule has 0 radical (unpaired) electrons. The van der Waals surface area contributed by atoms with E-state index in [0.717, 1.165) is 10.5 Å². The molecular formula is C20H18N2O4. The van der Waals surface area contributed by atoms with E-state index in [4.69, 9.17) is 4.74 Å². The van der Waals surface area contributed by atoms with Gasteiger partial charge in [0.1, 0.15) is 0 Å². The van der Waals surface area contributed by atoms with Crippen LogP contribution in [0.2, 0.25) is 0 Å². The lowest BCUT2D eigenvalue weighted by atomic mass is 9.96. The molecule has 2 heterocycles. The van der Waals surface area contributed by atoms with Crippen LogP contribution in [-0.2, 0) is 15.3 Å². The van der Waals surface area contributed by atoms with Gasteiger partial charge in [0.15, 0.2) is 0 Å². The highest BCUT2D eigenvalue weighted by Gasteiger charge is 2.66. The van der Waals surface area contributed by atoms with Crippen molar-refractivity contribution in [2.24, 2.45) is 0 Å². The van der Waals surface area contributed by atoms with Gasteiger partial charge in [-0.15, -0.1) is 0 Å². The van der Waals surface area contributed by atoms with Gasteiger partial charge >= 0.3 is 17.9 Å². The second-order valence-corrected chi connectivity index (χ2v) is 6.37. The molecule has 2 atom stereocenters. The predicted molar refractivity (Wildman–Crippen MR) is 93.0 cm³/mol. The fraction of sp³-hybridized carbons (Fsp3) is 0.250. The van der Waals surface area contributed by atoms with Gasteiger partial charge in [-0.3, -0.25) is 14.6 Å². The molecule has 132 valence electrons. The molecule has 0 bridgehead atoms. The Balaban J connectivity index is 1.93. The minimum absolute atomic E-state index is 0.205. The van der Waals surface area contributed by atoms with E-state index in [9.17, 15) is 14.4 Å². The highest BCUT2D eigenvalue weighted by molar-refractivity contribution is 6.11. The molecule has 1 fully saturated rings. The Labute approximate surface area is 151 Å². The normalized spacial score (nSPS) is 22.8. The number of nitrogens with zero attached hydrogens (tertiary/aromatic N) is 2. The number of benzene rings is 2. The number of amides is 3. The molecule has 1 spiro atoms. The summed E-state index contributed by atoms with van der Waals surface area (Å²) in [6.07, 6.45) is 0. The molecule has 0 unspecified atom stereocenters. The number of ether oxygens (including phenoxy) is 1. The van der Waals surface area contributed by atoms with E-state index >= 15 is 0 Å². The van der Waals surface area contributed by atoms with E-state index < -0.39 is 29.7 Å². The van der Waals surface area contributed by atoms with E-state index in [1.54, 1.807) is 31.2 Å². The number of fused-ring (bicyclic) bond motifs is 2. The third kappa shape index (κ3) is 1.95. The molecule has 0 aromatic heterocycles. The van der Waals surface area contributed by atoms with E-state index in [2.05, 4.69) is 0 Å². The summed E-state index contributed by atoms with van der Waals surface area (Å²) in [5.74, 6) is -1.11. The van der Waals surface area contributed by atoms with E-state index in [1.165, 1.54) is 4.90 Å². The Morgan fingerprint density at radius 2 is 1.65 bits per heavy atom. The molecule has 0 aliphatic carbocycles. The molecule has 1 saturated heterocycles. The van der Waals surface area contributed by atoms with Crippen molar-refractivity contribution in [1.82, 2.24) is 9.80 Å². The van der Waals surface area contributed by atoms with Gasteiger partial charge in [0, 0.05) is 12.1 Å². The number of carbonyl (C=O) groups is 3. The summed E-state index contributed by atoms with van der Waals surface area (Å²) in [5.41, 5.74) is -0.152. The maximum Gasteiger partial charge on any atom is 0.341 e. The smallest absolute Gasteiger partial charge is 0.341 e. The molecule has 6 nitrogen and oxygen atoms in total. The van der Waals surface area contributed by atoms with Gasteiger partial charge in [-0.05, 0) is 25.5 Å². The Hall–Kier alpha value is -3.15. The van der Waals surface area contributed by atoms with Gasteiger partial charge in [0.05, 0.1) is 11.6 Å². The largest absolute Gasteiger partial charge is 0.421 e. The van der Waals surface area contributed by atoms with Crippen LogP contribution in [0.1, 0.15) is 41.4 Å². The zero-order valence-corrected chi connectivity index (χ0v) is 14.5. The van der Waals surface area contributed by atoms with Crippen LogP contribution in [0.5, 0.6) is 0 Å². The molecular weight excluding hydrogens is 332 g/mol. The number of hydrogen-bond acceptors (Lipinski definition) is 4. The van der Waals surface area contributed by atoms with Gasteiger partial charge in [-0.2, -0.15) is 0 Å². The lowest BCUT2D eigenvalue weighted by molar-refractivity contribution is -0.156. The van der Waals surface area contributed by atoms with Crippen LogP contribution in [0.15, 0.2) is 54.6 Å². The monoisotopic (exact) mass is 350 g/mol. The lowest BCUT2D eigenvalue weighted by Gasteiger charge is -2.35. The minimum atomic E-state index is -1.74. The van der Waals surface area contributed by atoms with E-state index in [0.29, 0.717) is 11.1 Å². The van der Waals surface area contributed by atoms with Gasteiger partial charge < -0.3 is 4.74 Å². The fourth-order valence-electron chi connectivity index (χ4n) is 3.77. The maximum atomic E-state index is 13.2. The molecule has 0 saturated carbocycles. The van der Waals surface area contributed by atoms with Crippen LogP contribution in [0.25, 0.3) is 0 Å². The number of imide groups is 1. The number of likely N-dealkylation sites (N-methyl/N-ethyl adjacent to an activating group) is 1. The van der Waals surface area contributed by atoms with Crippen LogP contribution in [0, 0.1) is 0 Å². The zero-order chi connectivity index (χ0) is 18.5. The molecule has 26 heavy (non-hydrogen) atoms. The number of esters is 1. The van der Waals surface area contributed by atoms with Gasteiger partial charge in [-0.25, -0.2) is 9.59 Å². The van der Waals surface area contributed by atoms with Crippen LogP contribution >= 0.6 is 0 Å². The van der Waals surface area contributed by atoms with Gasteiger partial charge in [-0.1, -0.05) is 48.5 Å². The summed E-state index contributed by atoms with van der Waals surface area (Å²) in [7, 11) is 0. The number of urea groups is 1. The van der Waals surface area contributed by atoms with Crippen molar-refractivity contribution < 1.29 is 19.1 Å². The summed E-state index contributed by atoms with van der Waals surface area (Å²) in [4.78, 5) is 41.3. The summed E-state index contributed by atoms with van der Waals surface area (Å²) < 4.78 is 5.63. The van der Waals surface area contributed by atoms with Crippen LogP contribution < -0.4 is 0 Å². The standard InChI is InChI=1S/C20H18N2O4/c1-3-21-18(24)20(16-12-8-7-11-15(16)17(23)26-20)22(19(21)25)13(2)14-9-5-4-6-10-14/h4-13H,3H2,1-2H3/t13-,20+/m0/s1. The third-order valence-electron chi connectivity index (χ3n) is 5.05. The van der Waals surface area contributed by atoms with Gasteiger partial charge in [0.2, 0.25) is 0 Å². The van der Waals surface area contributed by atoms with Crippen LogP contribution in [-0.4, -0.2) is 34.3 Å². The summed E-state index contributed by atoms with van der Waals surface area (Å²) >= 11 is 0. The van der Waals surface area contributed by atoms with Gasteiger partial charge in [0.25, 0.3) is 5.72 Å². The van der Waals surface area contributed by atoms with Crippen LogP contribution in [0.3, 0.4) is 0 Å². The SMILES string of the molecule is CCN1C(=O)N([C@@H](C)c2ccccc2)[C@]2(OC(=O)c3ccccc32)C1=O. The van der Waals surface area contributed by atoms with Crippen molar-refractivity contribution in [3.63, 3.8) is 0 Å². The van der Waals surface area contributed by atoms with E-state index in [1.807, 2.05) is 37.3 Å². The Bertz CT molecular complexity index is 911. The summed E-state index contributed by atoms with van der Waals surface area (Å²) in [5, 5.41) is 0. The molecule has 3 amide bonds. The minimum Gasteiger partial charge on any atom is -0.421 e. The lowest BCUT2D eigenvalue weighted by Crippen LogP contribution is -2.48. The number of rotatable bonds is 3. The first kappa shape index (κ1) is 16.3. The average Bonchev–Trinajstić information content (AvgIpc) is 3.07. The molecule has 6 heteroatoms. The molecule has 2 aromatic carbocycles. The maximum absolute atomic E-state index is 13.2. The van der Waals surface area contributed by atoms with Crippen molar-refractivity contribution in [1.29, 1.82) is 0 Å². The van der Waals surface area contributed by atoms with Crippen LogP contribution in [0.4, 0.5) is 4.79 Å². The first-order valence-corrected chi connectivity index (χ1v) is 8.55. The topological polar surface area (TPSA) is 66.9 Å². The quantitative estimate of drug-likeness (QED) is 0.630. The number of hydrogen-bond donors (Lipinski definition) is 0. The second kappa shape index (κ2) is 5.69. The van der Waals surface area contributed by atoms with Crippen molar-refractivity contribution in [3.05, 3.63) is 71.3 Å². The molecule has 0 N–H and O–H groups in total. The summed E-state index contributed by atoms with van der Waals surface area (Å²) in [6.45, 7) is 3.76. The predicted octanol–water partition coefficient (Wildman–Crippen LogP) is 3.06. The molecule has 2 aliphatic rings. The Morgan fingerprint density at radius 1 is 1.00 bits per heavy atom. The second-order valence-electron chi connectivity index (χ2n) is 6.37. The highest BCUT2D eigenvalue weighted by atomic mass is 16.6. The number of carbonyl (C=O) groups excluding carboxylic acids is 3. The first-order chi connectivity index (χ1) is 12.5. The third-order valence-corrected chi connectivity index (χ3v) is 5.05. The average molecular weight is 350 g/mol. The van der Waals surface area contributed by atoms with Crippen molar-refractivity contribution >= 4 is 17.9 Å². The Morgan fingerprint density at radius 3 is 2.35 bits per heavy atom. The zero-order valence-electron chi connectivity index (χ0n) is 14.5. The summed E-state index contributed by atoms with van der Waals surface area (Å²) in [6, 6.07) is 15.2. The van der Waals surface area contributed by atoms with Crippen molar-refractivity contribution in [3.8, 4) is 0 Å². The fourth-order valence-corrected chi connectivity index (χ4v) is 3.77. The molecule has 2 aliphatic heterocycles. The highest BCUT2D eigenvalue weighted by Crippen LogP contribution is 2.48. The van der Waals surface area contributed by atoms with Crippen molar-refractivity contribution in [2.45, 2.75) is 25.6 Å². The Kier molecular flexibility index (Phi) is 3.57. The van der Waals surface area contributed by atoms with E-state index in [-0.39, 0.29) is 6.54 Å². The molecule has 4 rings (SSSR count). The molecule has 2 aromatic rings. The van der Waals surface area contributed by atoms with Crippen molar-refractivity contribution in [2.75, 3.05) is 6.54 Å².